The van der Waals surface area contributed by atoms with E-state index in [0.717, 1.165) is 41.3 Å². The summed E-state index contributed by atoms with van der Waals surface area (Å²) < 4.78 is 45.8. The largest absolute Gasteiger partial charge is 0.436 e. The molecule has 3 nitrogen and oxygen atoms in total. The Morgan fingerprint density at radius 2 is 1.85 bits per heavy atom. The number of Topliss-reactive ketones (excluding diaryl/α,β-unsaturated/α-hetero) is 1. The Balaban J connectivity index is 1.62. The Morgan fingerprint density at radius 3 is 2.58 bits per heavy atom. The quantitative estimate of drug-likeness (QED) is 0.423. The third-order valence-electron chi connectivity index (χ3n) is 5.80. The molecule has 0 bridgehead atoms. The summed E-state index contributed by atoms with van der Waals surface area (Å²) in [6, 6.07) is 14.3. The van der Waals surface area contributed by atoms with E-state index < -0.39 is 17.5 Å². The molecular weight excluding hydrogens is 451 g/mol. The molecular formula is C26H19ClF3NO2. The molecule has 1 fully saturated rings. The van der Waals surface area contributed by atoms with Gasteiger partial charge >= 0.3 is 6.18 Å². The summed E-state index contributed by atoms with van der Waals surface area (Å²) in [6.45, 7) is 1.95. The number of aryl methyl sites for hydroxylation is 1. The van der Waals surface area contributed by atoms with Crippen LogP contribution in [0, 0.1) is 6.92 Å². The summed E-state index contributed by atoms with van der Waals surface area (Å²) in [5, 5.41) is 5.44. The summed E-state index contributed by atoms with van der Waals surface area (Å²) in [7, 11) is 0. The Labute approximate surface area is 193 Å². The van der Waals surface area contributed by atoms with E-state index in [-0.39, 0.29) is 28.8 Å². The van der Waals surface area contributed by atoms with Gasteiger partial charge < -0.3 is 10.1 Å². The van der Waals surface area contributed by atoms with Crippen molar-refractivity contribution in [1.82, 2.24) is 5.32 Å². The van der Waals surface area contributed by atoms with Gasteiger partial charge in [0, 0.05) is 16.6 Å². The zero-order valence-corrected chi connectivity index (χ0v) is 18.3. The van der Waals surface area contributed by atoms with E-state index in [0.29, 0.717) is 10.6 Å². The lowest BCUT2D eigenvalue weighted by Gasteiger charge is -2.10. The van der Waals surface area contributed by atoms with Crippen molar-refractivity contribution in [2.24, 2.45) is 0 Å². The number of hydrogen-bond donors (Lipinski definition) is 1. The van der Waals surface area contributed by atoms with Crippen molar-refractivity contribution >= 4 is 39.8 Å². The van der Waals surface area contributed by atoms with E-state index in [9.17, 15) is 18.0 Å². The van der Waals surface area contributed by atoms with E-state index in [1.165, 1.54) is 12.1 Å². The minimum Gasteiger partial charge on any atom is -0.436 e. The second-order valence-corrected chi connectivity index (χ2v) is 8.68. The molecule has 0 saturated heterocycles. The molecule has 0 aromatic heterocycles. The van der Waals surface area contributed by atoms with Crippen LogP contribution >= 0.6 is 11.6 Å². The van der Waals surface area contributed by atoms with Gasteiger partial charge in [0.2, 0.25) is 11.7 Å². The fourth-order valence-electron chi connectivity index (χ4n) is 4.00. The third kappa shape index (κ3) is 4.11. The van der Waals surface area contributed by atoms with E-state index in [2.05, 4.69) is 5.32 Å². The number of hydrogen-bond acceptors (Lipinski definition) is 3. The molecule has 0 amide bonds. The maximum Gasteiger partial charge on any atom is 0.416 e. The second kappa shape index (κ2) is 7.96. The topological polar surface area (TPSA) is 38.3 Å². The summed E-state index contributed by atoms with van der Waals surface area (Å²) in [4.78, 5) is 13.4. The highest BCUT2D eigenvalue weighted by Gasteiger charge is 2.37. The molecule has 168 valence electrons. The van der Waals surface area contributed by atoms with Crippen LogP contribution in [-0.4, -0.2) is 11.8 Å². The van der Waals surface area contributed by atoms with Gasteiger partial charge in [-0.15, -0.1) is 0 Å². The maximum absolute atomic E-state index is 13.4. The second-order valence-electron chi connectivity index (χ2n) is 8.28. The first-order valence-corrected chi connectivity index (χ1v) is 10.9. The smallest absolute Gasteiger partial charge is 0.416 e. The van der Waals surface area contributed by atoms with Crippen molar-refractivity contribution in [3.63, 3.8) is 0 Å². The lowest BCUT2D eigenvalue weighted by molar-refractivity contribution is -0.137. The van der Waals surface area contributed by atoms with E-state index in [1.54, 1.807) is 12.1 Å². The van der Waals surface area contributed by atoms with Gasteiger partial charge in [0.1, 0.15) is 0 Å². The number of carbonyl (C=O) groups excluding carboxylic acids is 1. The zero-order chi connectivity index (χ0) is 23.3. The van der Waals surface area contributed by atoms with Crippen LogP contribution in [0.15, 0.2) is 66.2 Å². The van der Waals surface area contributed by atoms with Crippen molar-refractivity contribution in [1.29, 1.82) is 0 Å². The zero-order valence-electron chi connectivity index (χ0n) is 17.6. The molecule has 0 spiro atoms. The molecule has 3 aromatic carbocycles. The van der Waals surface area contributed by atoms with E-state index in [1.807, 2.05) is 31.2 Å². The number of ketones is 1. The first-order chi connectivity index (χ1) is 15.7. The minimum absolute atomic E-state index is 0.0169. The van der Waals surface area contributed by atoms with Gasteiger partial charge in [-0.05, 0) is 65.9 Å². The maximum atomic E-state index is 13.4. The summed E-state index contributed by atoms with van der Waals surface area (Å²) >= 11 is 6.49. The number of nitrogens with one attached hydrogen (secondary N) is 1. The van der Waals surface area contributed by atoms with Crippen LogP contribution in [0.2, 0.25) is 5.02 Å². The van der Waals surface area contributed by atoms with Crippen LogP contribution in [0.3, 0.4) is 0 Å². The Morgan fingerprint density at radius 1 is 1.09 bits per heavy atom. The van der Waals surface area contributed by atoms with Crippen LogP contribution in [0.1, 0.15) is 35.1 Å². The number of rotatable bonds is 4. The third-order valence-corrected chi connectivity index (χ3v) is 6.13. The lowest BCUT2D eigenvalue weighted by Crippen LogP contribution is -2.16. The molecule has 1 aliphatic heterocycles. The molecule has 33 heavy (non-hydrogen) atoms. The molecule has 0 unspecified atom stereocenters. The molecule has 0 radical (unpaired) electrons. The van der Waals surface area contributed by atoms with E-state index in [4.69, 9.17) is 16.3 Å². The summed E-state index contributed by atoms with van der Waals surface area (Å²) in [5.74, 6) is -0.288. The predicted octanol–water partition coefficient (Wildman–Crippen LogP) is 6.88. The molecule has 1 N–H and O–H groups in total. The average molecular weight is 470 g/mol. The number of halogens is 4. The van der Waals surface area contributed by atoms with Crippen LogP contribution in [0.5, 0.6) is 0 Å². The highest BCUT2D eigenvalue weighted by atomic mass is 35.5. The molecule has 1 heterocycles. The van der Waals surface area contributed by atoms with Gasteiger partial charge in [0.15, 0.2) is 5.76 Å². The number of benzene rings is 3. The summed E-state index contributed by atoms with van der Waals surface area (Å²) in [6.07, 6.45) is -1.13. The van der Waals surface area contributed by atoms with E-state index >= 15 is 0 Å². The number of alkyl halides is 3. The Kier molecular flexibility index (Phi) is 5.20. The van der Waals surface area contributed by atoms with Crippen LogP contribution in [-0.2, 0) is 15.7 Å². The minimum atomic E-state index is -4.52. The van der Waals surface area contributed by atoms with Gasteiger partial charge in [-0.1, -0.05) is 48.0 Å². The normalized spacial score (nSPS) is 17.7. The lowest BCUT2D eigenvalue weighted by atomic mass is 9.97. The molecule has 3 aromatic rings. The summed E-state index contributed by atoms with van der Waals surface area (Å²) in [5.41, 5.74) is 1.03. The number of allylic oxidation sites excluding steroid dienone is 1. The van der Waals surface area contributed by atoms with Crippen molar-refractivity contribution in [2.75, 3.05) is 0 Å². The monoisotopic (exact) mass is 469 g/mol. The highest BCUT2D eigenvalue weighted by Crippen LogP contribution is 2.39. The average Bonchev–Trinajstić information content (AvgIpc) is 3.53. The van der Waals surface area contributed by atoms with Gasteiger partial charge in [0.05, 0.1) is 11.1 Å². The molecule has 1 saturated carbocycles. The first kappa shape index (κ1) is 21.6. The fourth-order valence-corrected chi connectivity index (χ4v) is 4.21. The van der Waals surface area contributed by atoms with Gasteiger partial charge in [0.25, 0.3) is 0 Å². The van der Waals surface area contributed by atoms with Crippen molar-refractivity contribution in [3.8, 4) is 0 Å². The first-order valence-electron chi connectivity index (χ1n) is 10.5. The van der Waals surface area contributed by atoms with Gasteiger partial charge in [-0.25, -0.2) is 0 Å². The SMILES string of the molecule is Cc1cccc2ccc(Cl)c(C=C3OC(NC4CC4)=C(c4cccc(C(F)(F)F)c4)C3=O)c12. The number of carbonyl (C=O) groups is 1. The molecule has 5 rings (SSSR count). The number of fused-ring (bicyclic) bond motifs is 1. The van der Waals surface area contributed by atoms with Gasteiger partial charge in [-0.2, -0.15) is 13.2 Å². The number of ether oxygens (including phenoxy) is 1. The van der Waals surface area contributed by atoms with Crippen molar-refractivity contribution in [3.05, 3.63) is 93.5 Å². The Hall–Kier alpha value is -3.25. The predicted molar refractivity (Wildman–Crippen MR) is 122 cm³/mol. The highest BCUT2D eigenvalue weighted by molar-refractivity contribution is 6.35. The molecule has 0 atom stereocenters. The van der Waals surface area contributed by atoms with Crippen LogP contribution in [0.25, 0.3) is 22.4 Å². The molecule has 2 aliphatic rings. The van der Waals surface area contributed by atoms with Crippen LogP contribution in [0.4, 0.5) is 13.2 Å². The van der Waals surface area contributed by atoms with Crippen LogP contribution < -0.4 is 5.32 Å². The van der Waals surface area contributed by atoms with Crippen molar-refractivity contribution < 1.29 is 22.7 Å². The van der Waals surface area contributed by atoms with Gasteiger partial charge in [-0.3, -0.25) is 4.79 Å². The Bertz CT molecular complexity index is 1350. The molecule has 1 aliphatic carbocycles. The fraction of sp³-hybridized carbons (Fsp3) is 0.192. The molecule has 7 heteroatoms. The van der Waals surface area contributed by atoms with Crippen molar-refractivity contribution in [2.45, 2.75) is 32.0 Å². The standard InChI is InChI=1S/C26H19ClF3NO2/c1-14-4-2-5-15-8-11-20(27)19(22(14)15)13-21-24(32)23(25(33-21)31-18-9-10-18)16-6-3-7-17(12-16)26(28,29)30/h2-8,11-13,18,31H,9-10H2,1H3.